The van der Waals surface area contributed by atoms with E-state index in [-0.39, 0.29) is 0 Å². The van der Waals surface area contributed by atoms with Crippen molar-refractivity contribution in [3.8, 4) is 0 Å². The molecule has 1 aliphatic rings. The summed E-state index contributed by atoms with van der Waals surface area (Å²) in [4.78, 5) is 9.53. The van der Waals surface area contributed by atoms with Crippen LogP contribution in [0.4, 0.5) is 5.82 Å². The molecule has 0 aliphatic carbocycles. The van der Waals surface area contributed by atoms with Crippen molar-refractivity contribution in [3.05, 3.63) is 23.9 Å². The minimum absolute atomic E-state index is 0.515. The monoisotopic (exact) mass is 290 g/mol. The Hall–Kier alpha value is -1.13. The van der Waals surface area contributed by atoms with Crippen molar-refractivity contribution in [2.75, 3.05) is 37.6 Å². The number of nitrogens with zero attached hydrogens (tertiary/aromatic N) is 3. The van der Waals surface area contributed by atoms with Crippen LogP contribution >= 0.6 is 0 Å². The van der Waals surface area contributed by atoms with Gasteiger partial charge in [-0.25, -0.2) is 4.98 Å². The van der Waals surface area contributed by atoms with Gasteiger partial charge in [0.25, 0.3) is 0 Å². The highest BCUT2D eigenvalue weighted by Gasteiger charge is 2.18. The smallest absolute Gasteiger partial charge is 0.128 e. The molecule has 1 fully saturated rings. The van der Waals surface area contributed by atoms with Gasteiger partial charge in [0.2, 0.25) is 0 Å². The van der Waals surface area contributed by atoms with Crippen molar-refractivity contribution in [2.24, 2.45) is 5.92 Å². The summed E-state index contributed by atoms with van der Waals surface area (Å²) >= 11 is 0. The van der Waals surface area contributed by atoms with Crippen LogP contribution in [-0.2, 0) is 6.54 Å². The third-order valence-corrected chi connectivity index (χ3v) is 3.84. The Morgan fingerprint density at radius 3 is 2.48 bits per heavy atom. The SMILES string of the molecule is CC(C)CN1CCN(c2cc(CNC(C)C)ccn2)CC1. The first kappa shape index (κ1) is 16.2. The third kappa shape index (κ3) is 5.29. The minimum Gasteiger partial charge on any atom is -0.354 e. The molecule has 2 heterocycles. The van der Waals surface area contributed by atoms with Crippen molar-refractivity contribution in [2.45, 2.75) is 40.3 Å². The van der Waals surface area contributed by atoms with E-state index in [1.165, 1.54) is 12.1 Å². The van der Waals surface area contributed by atoms with E-state index in [2.05, 4.69) is 59.9 Å². The maximum absolute atomic E-state index is 4.56. The predicted molar refractivity (Wildman–Crippen MR) is 89.7 cm³/mol. The average molecular weight is 290 g/mol. The van der Waals surface area contributed by atoms with Crippen LogP contribution in [0.2, 0.25) is 0 Å². The maximum Gasteiger partial charge on any atom is 0.128 e. The summed E-state index contributed by atoms with van der Waals surface area (Å²) in [5, 5.41) is 3.47. The number of aromatic nitrogens is 1. The Labute approximate surface area is 129 Å². The maximum atomic E-state index is 4.56. The lowest BCUT2D eigenvalue weighted by Gasteiger charge is -2.36. The number of piperazine rings is 1. The number of nitrogens with one attached hydrogen (secondary N) is 1. The van der Waals surface area contributed by atoms with E-state index in [9.17, 15) is 0 Å². The fourth-order valence-electron chi connectivity index (χ4n) is 2.74. The van der Waals surface area contributed by atoms with Gasteiger partial charge in [0.05, 0.1) is 0 Å². The standard InChI is InChI=1S/C17H30N4/c1-14(2)13-20-7-9-21(10-8-20)17-11-16(5-6-18-17)12-19-15(3)4/h5-6,11,14-15,19H,7-10,12-13H2,1-4H3. The van der Waals surface area contributed by atoms with Crippen LogP contribution in [0.5, 0.6) is 0 Å². The van der Waals surface area contributed by atoms with E-state index < -0.39 is 0 Å². The first-order valence-corrected chi connectivity index (χ1v) is 8.20. The Morgan fingerprint density at radius 1 is 1.14 bits per heavy atom. The van der Waals surface area contributed by atoms with Crippen molar-refractivity contribution in [1.29, 1.82) is 0 Å². The van der Waals surface area contributed by atoms with Crippen molar-refractivity contribution >= 4 is 5.82 Å². The number of pyridine rings is 1. The second-order valence-corrected chi connectivity index (χ2v) is 6.74. The molecule has 1 aromatic rings. The predicted octanol–water partition coefficient (Wildman–Crippen LogP) is 2.36. The zero-order valence-corrected chi connectivity index (χ0v) is 14.0. The summed E-state index contributed by atoms with van der Waals surface area (Å²) in [5.74, 6) is 1.88. The molecule has 0 aromatic carbocycles. The van der Waals surface area contributed by atoms with Gasteiger partial charge >= 0.3 is 0 Å². The highest BCUT2D eigenvalue weighted by atomic mass is 15.3. The zero-order chi connectivity index (χ0) is 15.2. The quantitative estimate of drug-likeness (QED) is 0.871. The normalized spacial score (nSPS) is 17.0. The van der Waals surface area contributed by atoms with E-state index >= 15 is 0 Å². The molecule has 0 unspecified atom stereocenters. The summed E-state index contributed by atoms with van der Waals surface area (Å²) in [6, 6.07) is 4.85. The van der Waals surface area contributed by atoms with Gasteiger partial charge in [-0.05, 0) is 23.6 Å². The summed E-state index contributed by atoms with van der Waals surface area (Å²) < 4.78 is 0. The second-order valence-electron chi connectivity index (χ2n) is 6.74. The summed E-state index contributed by atoms with van der Waals surface area (Å²) in [5.41, 5.74) is 1.32. The molecule has 2 rings (SSSR count). The molecular formula is C17H30N4. The van der Waals surface area contributed by atoms with Crippen LogP contribution in [-0.4, -0.2) is 48.6 Å². The topological polar surface area (TPSA) is 31.4 Å². The molecule has 1 aliphatic heterocycles. The third-order valence-electron chi connectivity index (χ3n) is 3.84. The summed E-state index contributed by atoms with van der Waals surface area (Å²) in [7, 11) is 0. The largest absolute Gasteiger partial charge is 0.354 e. The van der Waals surface area contributed by atoms with E-state index in [0.29, 0.717) is 6.04 Å². The molecule has 0 spiro atoms. The van der Waals surface area contributed by atoms with Crippen LogP contribution in [0, 0.1) is 5.92 Å². The lowest BCUT2D eigenvalue weighted by molar-refractivity contribution is 0.231. The molecule has 0 atom stereocenters. The van der Waals surface area contributed by atoms with Crippen LogP contribution in [0.15, 0.2) is 18.3 Å². The molecule has 21 heavy (non-hydrogen) atoms. The number of hydrogen-bond donors (Lipinski definition) is 1. The van der Waals surface area contributed by atoms with Crippen LogP contribution in [0.25, 0.3) is 0 Å². The van der Waals surface area contributed by atoms with E-state index in [1.54, 1.807) is 0 Å². The summed E-state index contributed by atoms with van der Waals surface area (Å²) in [6.07, 6.45) is 1.94. The number of rotatable bonds is 6. The molecule has 1 saturated heterocycles. The second kappa shape index (κ2) is 7.76. The number of anilines is 1. The zero-order valence-electron chi connectivity index (χ0n) is 14.0. The van der Waals surface area contributed by atoms with Gasteiger partial charge in [0.1, 0.15) is 5.82 Å². The van der Waals surface area contributed by atoms with Crippen molar-refractivity contribution in [1.82, 2.24) is 15.2 Å². The molecule has 118 valence electrons. The lowest BCUT2D eigenvalue weighted by Crippen LogP contribution is -2.47. The molecular weight excluding hydrogens is 260 g/mol. The molecule has 4 nitrogen and oxygen atoms in total. The highest BCUT2D eigenvalue weighted by molar-refractivity contribution is 5.41. The lowest BCUT2D eigenvalue weighted by atomic mass is 10.2. The van der Waals surface area contributed by atoms with Gasteiger partial charge < -0.3 is 10.2 Å². The molecule has 0 radical (unpaired) electrons. The van der Waals surface area contributed by atoms with E-state index in [0.717, 1.165) is 44.5 Å². The van der Waals surface area contributed by atoms with Gasteiger partial charge in [0, 0.05) is 51.5 Å². The van der Waals surface area contributed by atoms with Gasteiger partial charge in [-0.3, -0.25) is 4.90 Å². The van der Waals surface area contributed by atoms with Crippen LogP contribution < -0.4 is 10.2 Å². The van der Waals surface area contributed by atoms with Gasteiger partial charge in [-0.15, -0.1) is 0 Å². The molecule has 0 amide bonds. The Balaban J connectivity index is 1.89. The fraction of sp³-hybridized carbons (Fsp3) is 0.706. The molecule has 4 heteroatoms. The Morgan fingerprint density at radius 2 is 1.86 bits per heavy atom. The van der Waals surface area contributed by atoms with Crippen molar-refractivity contribution < 1.29 is 0 Å². The van der Waals surface area contributed by atoms with Crippen LogP contribution in [0.1, 0.15) is 33.3 Å². The molecule has 1 N–H and O–H groups in total. The molecule has 0 saturated carbocycles. The van der Waals surface area contributed by atoms with Crippen LogP contribution in [0.3, 0.4) is 0 Å². The first-order valence-electron chi connectivity index (χ1n) is 8.20. The average Bonchev–Trinajstić information content (AvgIpc) is 2.45. The van der Waals surface area contributed by atoms with Gasteiger partial charge in [-0.1, -0.05) is 27.7 Å². The Bertz CT molecular complexity index is 423. The summed E-state index contributed by atoms with van der Waals surface area (Å²) in [6.45, 7) is 15.5. The van der Waals surface area contributed by atoms with Crippen molar-refractivity contribution in [3.63, 3.8) is 0 Å². The van der Waals surface area contributed by atoms with E-state index in [1.807, 2.05) is 6.20 Å². The first-order chi connectivity index (χ1) is 10.0. The minimum atomic E-state index is 0.515. The fourth-order valence-corrected chi connectivity index (χ4v) is 2.74. The highest BCUT2D eigenvalue weighted by Crippen LogP contribution is 2.15. The molecule has 1 aromatic heterocycles. The molecule has 0 bridgehead atoms. The van der Waals surface area contributed by atoms with E-state index in [4.69, 9.17) is 0 Å². The Kier molecular flexibility index (Phi) is 6.00. The number of hydrogen-bond acceptors (Lipinski definition) is 4. The van der Waals surface area contributed by atoms with Gasteiger partial charge in [-0.2, -0.15) is 0 Å². The van der Waals surface area contributed by atoms with Gasteiger partial charge in [0.15, 0.2) is 0 Å².